The minimum atomic E-state index is 0.839. The predicted octanol–water partition coefficient (Wildman–Crippen LogP) is 4.19. The minimum Gasteiger partial charge on any atom is -0.372 e. The maximum atomic E-state index is 2.40. The number of hydrogen-bond acceptors (Lipinski definition) is 1. The molecule has 0 heterocycles. The number of nitrogens with zero attached hydrogens (tertiary/aromatic N) is 1. The highest BCUT2D eigenvalue weighted by atomic mass is 15.1. The Morgan fingerprint density at radius 3 is 2.06 bits per heavy atom. The lowest BCUT2D eigenvalue weighted by Gasteiger charge is -2.21. The SMILES string of the molecule is CCN(CC)c1ccc(C2CCCC2)cc1. The molecule has 1 aromatic carbocycles. The van der Waals surface area contributed by atoms with Crippen molar-refractivity contribution in [1.29, 1.82) is 0 Å². The Morgan fingerprint density at radius 2 is 1.56 bits per heavy atom. The highest BCUT2D eigenvalue weighted by Gasteiger charge is 2.16. The van der Waals surface area contributed by atoms with Crippen molar-refractivity contribution in [3.05, 3.63) is 29.8 Å². The van der Waals surface area contributed by atoms with Crippen LogP contribution in [0, 0.1) is 0 Å². The molecule has 0 N–H and O–H groups in total. The third-order valence-corrected chi connectivity index (χ3v) is 3.85. The van der Waals surface area contributed by atoms with E-state index in [4.69, 9.17) is 0 Å². The molecule has 1 nitrogen and oxygen atoms in total. The van der Waals surface area contributed by atoms with Gasteiger partial charge in [0.2, 0.25) is 0 Å². The van der Waals surface area contributed by atoms with Crippen LogP contribution in [-0.2, 0) is 0 Å². The average Bonchev–Trinajstić information content (AvgIpc) is 2.85. The standard InChI is InChI=1S/C15H23N/c1-3-16(4-2)15-11-9-14(10-12-15)13-7-5-6-8-13/h9-13H,3-8H2,1-2H3. The predicted molar refractivity (Wildman–Crippen MR) is 71.2 cm³/mol. The molecule has 1 heteroatoms. The van der Waals surface area contributed by atoms with Crippen LogP contribution in [0.2, 0.25) is 0 Å². The first kappa shape index (κ1) is 11.5. The van der Waals surface area contributed by atoms with E-state index in [1.165, 1.54) is 31.4 Å². The van der Waals surface area contributed by atoms with Crippen molar-refractivity contribution in [2.24, 2.45) is 0 Å². The summed E-state index contributed by atoms with van der Waals surface area (Å²) in [7, 11) is 0. The van der Waals surface area contributed by atoms with Crippen molar-refractivity contribution in [3.63, 3.8) is 0 Å². The third-order valence-electron chi connectivity index (χ3n) is 3.85. The molecular formula is C15H23N. The van der Waals surface area contributed by atoms with E-state index in [-0.39, 0.29) is 0 Å². The molecule has 1 fully saturated rings. The molecule has 0 amide bonds. The lowest BCUT2D eigenvalue weighted by Crippen LogP contribution is -2.21. The van der Waals surface area contributed by atoms with Gasteiger partial charge in [-0.2, -0.15) is 0 Å². The zero-order valence-electron chi connectivity index (χ0n) is 10.6. The Balaban J connectivity index is 2.09. The molecule has 2 rings (SSSR count). The molecule has 1 aromatic rings. The van der Waals surface area contributed by atoms with Gasteiger partial charge in [0.05, 0.1) is 0 Å². The lowest BCUT2D eigenvalue weighted by molar-refractivity contribution is 0.723. The normalized spacial score (nSPS) is 16.6. The summed E-state index contributed by atoms with van der Waals surface area (Å²) in [5.41, 5.74) is 2.92. The first-order valence-electron chi connectivity index (χ1n) is 6.70. The third kappa shape index (κ3) is 2.40. The second-order valence-corrected chi connectivity index (χ2v) is 4.75. The van der Waals surface area contributed by atoms with Crippen LogP contribution in [0.1, 0.15) is 51.0 Å². The van der Waals surface area contributed by atoms with Crippen molar-refractivity contribution in [3.8, 4) is 0 Å². The van der Waals surface area contributed by atoms with E-state index in [0.29, 0.717) is 0 Å². The zero-order chi connectivity index (χ0) is 11.4. The molecule has 0 atom stereocenters. The van der Waals surface area contributed by atoms with Gasteiger partial charge < -0.3 is 4.90 Å². The summed E-state index contributed by atoms with van der Waals surface area (Å²) in [6, 6.07) is 9.26. The summed E-state index contributed by atoms with van der Waals surface area (Å²) in [6.07, 6.45) is 5.63. The van der Waals surface area contributed by atoms with Crippen molar-refractivity contribution >= 4 is 5.69 Å². The van der Waals surface area contributed by atoms with E-state index in [9.17, 15) is 0 Å². The van der Waals surface area contributed by atoms with Gasteiger partial charge in [-0.3, -0.25) is 0 Å². The Hall–Kier alpha value is -0.980. The molecule has 0 spiro atoms. The Kier molecular flexibility index (Phi) is 3.87. The van der Waals surface area contributed by atoms with Crippen molar-refractivity contribution in [1.82, 2.24) is 0 Å². The van der Waals surface area contributed by atoms with Gasteiger partial charge in [-0.25, -0.2) is 0 Å². The van der Waals surface area contributed by atoms with E-state index in [1.54, 1.807) is 5.56 Å². The number of hydrogen-bond donors (Lipinski definition) is 0. The van der Waals surface area contributed by atoms with Crippen LogP contribution in [0.25, 0.3) is 0 Å². The van der Waals surface area contributed by atoms with Crippen LogP contribution in [0.5, 0.6) is 0 Å². The Morgan fingerprint density at radius 1 is 1.00 bits per heavy atom. The van der Waals surface area contributed by atoms with E-state index >= 15 is 0 Å². The topological polar surface area (TPSA) is 3.24 Å². The summed E-state index contributed by atoms with van der Waals surface area (Å²) in [4.78, 5) is 2.40. The van der Waals surface area contributed by atoms with Gasteiger partial charge in [0.15, 0.2) is 0 Å². The molecule has 1 saturated carbocycles. The number of benzene rings is 1. The Bertz CT molecular complexity index is 284. The van der Waals surface area contributed by atoms with Gasteiger partial charge in [-0.15, -0.1) is 0 Å². The number of rotatable bonds is 4. The first-order chi connectivity index (χ1) is 7.85. The van der Waals surface area contributed by atoms with Crippen LogP contribution in [-0.4, -0.2) is 13.1 Å². The van der Waals surface area contributed by atoms with Crippen LogP contribution in [0.4, 0.5) is 5.69 Å². The zero-order valence-corrected chi connectivity index (χ0v) is 10.6. The summed E-state index contributed by atoms with van der Waals surface area (Å²) >= 11 is 0. The van der Waals surface area contributed by atoms with Crippen LogP contribution in [0.15, 0.2) is 24.3 Å². The highest BCUT2D eigenvalue weighted by Crippen LogP contribution is 2.34. The molecule has 1 aliphatic carbocycles. The van der Waals surface area contributed by atoms with Crippen LogP contribution in [0.3, 0.4) is 0 Å². The highest BCUT2D eigenvalue weighted by molar-refractivity contribution is 5.47. The van der Waals surface area contributed by atoms with Gasteiger partial charge in [0.25, 0.3) is 0 Å². The molecule has 88 valence electrons. The first-order valence-corrected chi connectivity index (χ1v) is 6.70. The molecular weight excluding hydrogens is 194 g/mol. The largest absolute Gasteiger partial charge is 0.372 e. The quantitative estimate of drug-likeness (QED) is 0.731. The van der Waals surface area contributed by atoms with E-state index in [0.717, 1.165) is 19.0 Å². The van der Waals surface area contributed by atoms with Gasteiger partial charge >= 0.3 is 0 Å². The summed E-state index contributed by atoms with van der Waals surface area (Å²) in [5, 5.41) is 0. The molecule has 0 aromatic heterocycles. The average molecular weight is 217 g/mol. The number of anilines is 1. The summed E-state index contributed by atoms with van der Waals surface area (Å²) in [5.74, 6) is 0.839. The minimum absolute atomic E-state index is 0.839. The van der Waals surface area contributed by atoms with E-state index in [2.05, 4.69) is 43.0 Å². The second-order valence-electron chi connectivity index (χ2n) is 4.75. The lowest BCUT2D eigenvalue weighted by atomic mass is 9.97. The molecule has 0 saturated heterocycles. The van der Waals surface area contributed by atoms with Crippen molar-refractivity contribution < 1.29 is 0 Å². The molecule has 0 unspecified atom stereocenters. The fourth-order valence-electron chi connectivity index (χ4n) is 2.81. The summed E-state index contributed by atoms with van der Waals surface area (Å²) in [6.45, 7) is 6.63. The van der Waals surface area contributed by atoms with Gasteiger partial charge in [-0.1, -0.05) is 25.0 Å². The molecule has 0 bridgehead atoms. The van der Waals surface area contributed by atoms with Gasteiger partial charge in [-0.05, 0) is 50.3 Å². The van der Waals surface area contributed by atoms with Gasteiger partial charge in [0, 0.05) is 18.8 Å². The molecule has 1 aliphatic rings. The fourth-order valence-corrected chi connectivity index (χ4v) is 2.81. The Labute approximate surface area is 99.5 Å². The molecule has 0 radical (unpaired) electrons. The van der Waals surface area contributed by atoms with Crippen LogP contribution >= 0.6 is 0 Å². The van der Waals surface area contributed by atoms with Crippen LogP contribution < -0.4 is 4.90 Å². The van der Waals surface area contributed by atoms with Crippen molar-refractivity contribution in [2.45, 2.75) is 45.4 Å². The summed E-state index contributed by atoms with van der Waals surface area (Å²) < 4.78 is 0. The molecule has 16 heavy (non-hydrogen) atoms. The monoisotopic (exact) mass is 217 g/mol. The van der Waals surface area contributed by atoms with Crippen molar-refractivity contribution in [2.75, 3.05) is 18.0 Å². The van der Waals surface area contributed by atoms with E-state index in [1.807, 2.05) is 0 Å². The fraction of sp³-hybridized carbons (Fsp3) is 0.600. The van der Waals surface area contributed by atoms with E-state index < -0.39 is 0 Å². The van der Waals surface area contributed by atoms with Gasteiger partial charge in [0.1, 0.15) is 0 Å². The molecule has 0 aliphatic heterocycles. The second kappa shape index (κ2) is 5.38. The maximum absolute atomic E-state index is 2.40. The smallest absolute Gasteiger partial charge is 0.0366 e. The maximum Gasteiger partial charge on any atom is 0.0366 e.